The molecular formula is C10H21NO. The lowest BCUT2D eigenvalue weighted by Crippen LogP contribution is -2.15. The Balaban J connectivity index is 3.43. The van der Waals surface area contributed by atoms with Gasteiger partial charge in [-0.25, -0.2) is 0 Å². The van der Waals surface area contributed by atoms with Crippen molar-refractivity contribution < 1.29 is 4.79 Å². The third kappa shape index (κ3) is 5.30. The molecule has 0 fully saturated rings. The third-order valence-electron chi connectivity index (χ3n) is 2.18. The van der Waals surface area contributed by atoms with Crippen molar-refractivity contribution >= 4 is 5.78 Å². The van der Waals surface area contributed by atoms with E-state index in [4.69, 9.17) is 5.73 Å². The van der Waals surface area contributed by atoms with Crippen LogP contribution in [0.25, 0.3) is 0 Å². The summed E-state index contributed by atoms with van der Waals surface area (Å²) < 4.78 is 0. The lowest BCUT2D eigenvalue weighted by atomic mass is 9.98. The molecule has 0 aliphatic heterocycles. The van der Waals surface area contributed by atoms with Gasteiger partial charge in [-0.2, -0.15) is 0 Å². The number of hydrogen-bond donors (Lipinski definition) is 1. The van der Waals surface area contributed by atoms with Crippen molar-refractivity contribution in [1.82, 2.24) is 0 Å². The van der Waals surface area contributed by atoms with E-state index in [1.807, 2.05) is 6.92 Å². The van der Waals surface area contributed by atoms with Gasteiger partial charge in [0.1, 0.15) is 5.78 Å². The zero-order valence-electron chi connectivity index (χ0n) is 8.31. The molecule has 0 radical (unpaired) electrons. The molecule has 0 aromatic heterocycles. The minimum absolute atomic E-state index is 0.173. The normalized spacial score (nSPS) is 12.9. The van der Waals surface area contributed by atoms with Crippen molar-refractivity contribution in [2.24, 2.45) is 11.7 Å². The number of carbonyl (C=O) groups excluding carboxylic acids is 1. The number of nitrogens with two attached hydrogens (primary N) is 1. The smallest absolute Gasteiger partial charge is 0.135 e. The van der Waals surface area contributed by atoms with Crippen LogP contribution in [0.1, 0.15) is 46.0 Å². The molecule has 0 rings (SSSR count). The van der Waals surface area contributed by atoms with Crippen molar-refractivity contribution in [3.8, 4) is 0 Å². The highest BCUT2D eigenvalue weighted by molar-refractivity contribution is 5.80. The van der Waals surface area contributed by atoms with Gasteiger partial charge in [-0.3, -0.25) is 4.79 Å². The highest BCUT2D eigenvalue weighted by atomic mass is 16.1. The maximum atomic E-state index is 11.4. The maximum absolute atomic E-state index is 11.4. The van der Waals surface area contributed by atoms with Crippen LogP contribution < -0.4 is 5.73 Å². The Kier molecular flexibility index (Phi) is 7.06. The molecule has 1 atom stereocenters. The number of carbonyl (C=O) groups is 1. The summed E-state index contributed by atoms with van der Waals surface area (Å²) in [6.45, 7) is 4.75. The van der Waals surface area contributed by atoms with Crippen LogP contribution >= 0.6 is 0 Å². The second kappa shape index (κ2) is 7.29. The summed E-state index contributed by atoms with van der Waals surface area (Å²) in [7, 11) is 0. The van der Waals surface area contributed by atoms with Crippen LogP contribution in [0.15, 0.2) is 0 Å². The second-order valence-electron chi connectivity index (χ2n) is 3.40. The molecule has 12 heavy (non-hydrogen) atoms. The molecular weight excluding hydrogens is 150 g/mol. The van der Waals surface area contributed by atoms with Crippen molar-refractivity contribution in [3.05, 3.63) is 0 Å². The van der Waals surface area contributed by atoms with Gasteiger partial charge in [0.05, 0.1) is 0 Å². The van der Waals surface area contributed by atoms with E-state index in [1.165, 1.54) is 12.8 Å². The summed E-state index contributed by atoms with van der Waals surface area (Å²) in [5.41, 5.74) is 5.37. The van der Waals surface area contributed by atoms with Gasteiger partial charge in [0.2, 0.25) is 0 Å². The lowest BCUT2D eigenvalue weighted by Gasteiger charge is -2.07. The van der Waals surface area contributed by atoms with Gasteiger partial charge in [-0.1, -0.05) is 26.7 Å². The van der Waals surface area contributed by atoms with E-state index in [1.54, 1.807) is 0 Å². The highest BCUT2D eigenvalue weighted by Crippen LogP contribution is 2.08. The quantitative estimate of drug-likeness (QED) is 0.596. The Morgan fingerprint density at radius 1 is 1.42 bits per heavy atom. The molecule has 2 N–H and O–H groups in total. The molecule has 0 heterocycles. The van der Waals surface area contributed by atoms with Crippen molar-refractivity contribution in [3.63, 3.8) is 0 Å². The number of rotatable bonds is 7. The number of ketones is 1. The van der Waals surface area contributed by atoms with E-state index in [2.05, 4.69) is 6.92 Å². The predicted octanol–water partition coefficient (Wildman–Crippen LogP) is 2.12. The fourth-order valence-corrected chi connectivity index (χ4v) is 1.21. The lowest BCUT2D eigenvalue weighted by molar-refractivity contribution is -0.122. The first-order chi connectivity index (χ1) is 5.72. The largest absolute Gasteiger partial charge is 0.330 e. The molecule has 0 bridgehead atoms. The van der Waals surface area contributed by atoms with E-state index < -0.39 is 0 Å². The van der Waals surface area contributed by atoms with Crippen LogP contribution in [-0.4, -0.2) is 12.3 Å². The maximum Gasteiger partial charge on any atom is 0.135 e. The Morgan fingerprint density at radius 2 is 2.08 bits per heavy atom. The SMILES string of the molecule is CCCCCC(=O)C(C)CCN. The fraction of sp³-hybridized carbons (Fsp3) is 0.900. The molecule has 0 aliphatic carbocycles. The van der Waals surface area contributed by atoms with Crippen LogP contribution in [0.3, 0.4) is 0 Å². The van der Waals surface area contributed by atoms with Crippen molar-refractivity contribution in [2.45, 2.75) is 46.0 Å². The summed E-state index contributed by atoms with van der Waals surface area (Å²) in [5.74, 6) is 0.556. The molecule has 0 aromatic rings. The van der Waals surface area contributed by atoms with Gasteiger partial charge in [0.25, 0.3) is 0 Å². The standard InChI is InChI=1S/C10H21NO/c1-3-4-5-6-10(12)9(2)7-8-11/h9H,3-8,11H2,1-2H3. The summed E-state index contributed by atoms with van der Waals surface area (Å²) in [4.78, 5) is 11.4. The second-order valence-corrected chi connectivity index (χ2v) is 3.40. The van der Waals surface area contributed by atoms with Gasteiger partial charge >= 0.3 is 0 Å². The van der Waals surface area contributed by atoms with Crippen LogP contribution in [0.4, 0.5) is 0 Å². The number of hydrogen-bond acceptors (Lipinski definition) is 2. The summed E-state index contributed by atoms with van der Waals surface area (Å²) in [6.07, 6.45) is 4.98. The predicted molar refractivity (Wildman–Crippen MR) is 52.0 cm³/mol. The van der Waals surface area contributed by atoms with E-state index in [-0.39, 0.29) is 5.92 Å². The molecule has 0 saturated heterocycles. The van der Waals surface area contributed by atoms with E-state index in [0.717, 1.165) is 19.3 Å². The van der Waals surface area contributed by atoms with Crippen molar-refractivity contribution in [2.75, 3.05) is 6.54 Å². The van der Waals surface area contributed by atoms with Gasteiger partial charge in [0, 0.05) is 12.3 Å². The molecule has 0 spiro atoms. The first-order valence-electron chi connectivity index (χ1n) is 4.95. The van der Waals surface area contributed by atoms with Gasteiger partial charge in [0.15, 0.2) is 0 Å². The highest BCUT2D eigenvalue weighted by Gasteiger charge is 2.10. The Bertz CT molecular complexity index is 123. The first kappa shape index (κ1) is 11.6. The topological polar surface area (TPSA) is 43.1 Å². The van der Waals surface area contributed by atoms with Crippen LogP contribution in [0.5, 0.6) is 0 Å². The number of unbranched alkanes of at least 4 members (excludes halogenated alkanes) is 2. The van der Waals surface area contributed by atoms with Gasteiger partial charge in [-0.15, -0.1) is 0 Å². The van der Waals surface area contributed by atoms with Crippen LogP contribution in [0.2, 0.25) is 0 Å². The fourth-order valence-electron chi connectivity index (χ4n) is 1.21. The molecule has 72 valence electrons. The zero-order valence-corrected chi connectivity index (χ0v) is 8.31. The molecule has 2 nitrogen and oxygen atoms in total. The summed E-state index contributed by atoms with van der Waals surface area (Å²) in [5, 5.41) is 0. The third-order valence-corrected chi connectivity index (χ3v) is 2.18. The van der Waals surface area contributed by atoms with Gasteiger partial charge < -0.3 is 5.73 Å². The average molecular weight is 171 g/mol. The zero-order chi connectivity index (χ0) is 9.40. The Labute approximate surface area is 75.5 Å². The van der Waals surface area contributed by atoms with Crippen molar-refractivity contribution in [1.29, 1.82) is 0 Å². The molecule has 0 saturated carbocycles. The molecule has 0 aromatic carbocycles. The first-order valence-corrected chi connectivity index (χ1v) is 4.95. The summed E-state index contributed by atoms with van der Waals surface area (Å²) in [6, 6.07) is 0. The molecule has 2 heteroatoms. The average Bonchev–Trinajstić information content (AvgIpc) is 2.05. The Morgan fingerprint density at radius 3 is 2.58 bits per heavy atom. The number of Topliss-reactive ketones (excluding diaryl/α,β-unsaturated/α-hetero) is 1. The minimum atomic E-state index is 0.173. The van der Waals surface area contributed by atoms with E-state index >= 15 is 0 Å². The summed E-state index contributed by atoms with van der Waals surface area (Å²) >= 11 is 0. The van der Waals surface area contributed by atoms with Crippen LogP contribution in [-0.2, 0) is 4.79 Å². The Hall–Kier alpha value is -0.370. The molecule has 0 aliphatic rings. The van der Waals surface area contributed by atoms with Gasteiger partial charge in [-0.05, 0) is 19.4 Å². The molecule has 0 amide bonds. The van der Waals surface area contributed by atoms with E-state index in [9.17, 15) is 4.79 Å². The molecule has 1 unspecified atom stereocenters. The van der Waals surface area contributed by atoms with Crippen LogP contribution in [0, 0.1) is 5.92 Å². The minimum Gasteiger partial charge on any atom is -0.330 e. The monoisotopic (exact) mass is 171 g/mol. The van der Waals surface area contributed by atoms with E-state index in [0.29, 0.717) is 12.3 Å².